The Bertz CT molecular complexity index is 437. The summed E-state index contributed by atoms with van der Waals surface area (Å²) in [6, 6.07) is 0. The standard InChI is InChI=1S/C14H24N4O/c1-10-5-4-6-14(19,7-10)9-17-12-11(2)8-16-13(15-3)18-12/h8,10,19H,4-7,9H2,1-3H3,(H2,15,16,17,18). The van der Waals surface area contributed by atoms with E-state index in [1.165, 1.54) is 6.42 Å². The lowest BCUT2D eigenvalue weighted by atomic mass is 9.79. The molecule has 1 aliphatic rings. The largest absolute Gasteiger partial charge is 0.388 e. The Balaban J connectivity index is 2.01. The lowest BCUT2D eigenvalue weighted by Crippen LogP contribution is -2.41. The summed E-state index contributed by atoms with van der Waals surface area (Å²) in [5, 5.41) is 16.8. The second-order valence-electron chi connectivity index (χ2n) is 5.75. The van der Waals surface area contributed by atoms with Gasteiger partial charge in [-0.25, -0.2) is 4.98 Å². The monoisotopic (exact) mass is 264 g/mol. The first kappa shape index (κ1) is 14.1. The van der Waals surface area contributed by atoms with Gasteiger partial charge >= 0.3 is 0 Å². The van der Waals surface area contributed by atoms with Crippen LogP contribution in [-0.2, 0) is 0 Å². The number of aromatic nitrogens is 2. The van der Waals surface area contributed by atoms with E-state index in [-0.39, 0.29) is 0 Å². The summed E-state index contributed by atoms with van der Waals surface area (Å²) in [6.07, 6.45) is 5.84. The summed E-state index contributed by atoms with van der Waals surface area (Å²) in [5.41, 5.74) is 0.390. The van der Waals surface area contributed by atoms with Gasteiger partial charge in [-0.2, -0.15) is 4.98 Å². The first-order chi connectivity index (χ1) is 9.02. The van der Waals surface area contributed by atoms with Gasteiger partial charge in [0.25, 0.3) is 0 Å². The Morgan fingerprint density at radius 2 is 2.32 bits per heavy atom. The van der Waals surface area contributed by atoms with Gasteiger partial charge in [0.05, 0.1) is 5.60 Å². The summed E-state index contributed by atoms with van der Waals surface area (Å²) in [6.45, 7) is 4.73. The maximum absolute atomic E-state index is 10.6. The lowest BCUT2D eigenvalue weighted by Gasteiger charge is -2.35. The predicted octanol–water partition coefficient (Wildman–Crippen LogP) is 2.18. The van der Waals surface area contributed by atoms with Crippen molar-refractivity contribution in [3.05, 3.63) is 11.8 Å². The van der Waals surface area contributed by atoms with Gasteiger partial charge in [0.15, 0.2) is 0 Å². The first-order valence-electron chi connectivity index (χ1n) is 7.00. The average Bonchev–Trinajstić information content (AvgIpc) is 2.37. The van der Waals surface area contributed by atoms with E-state index in [1.807, 2.05) is 6.92 Å². The molecule has 1 aromatic heterocycles. The molecule has 2 atom stereocenters. The molecule has 1 aromatic rings. The zero-order chi connectivity index (χ0) is 13.9. The second kappa shape index (κ2) is 5.74. The van der Waals surface area contributed by atoms with Crippen molar-refractivity contribution in [2.75, 3.05) is 24.2 Å². The molecule has 19 heavy (non-hydrogen) atoms. The van der Waals surface area contributed by atoms with Crippen LogP contribution in [0.25, 0.3) is 0 Å². The van der Waals surface area contributed by atoms with Crippen LogP contribution in [0.3, 0.4) is 0 Å². The minimum Gasteiger partial charge on any atom is -0.388 e. The molecular formula is C14H24N4O. The Morgan fingerprint density at radius 1 is 1.53 bits per heavy atom. The molecule has 0 aromatic carbocycles. The molecule has 0 radical (unpaired) electrons. The zero-order valence-corrected chi connectivity index (χ0v) is 12.0. The highest BCUT2D eigenvalue weighted by Crippen LogP contribution is 2.32. The number of aryl methyl sites for hydroxylation is 1. The molecule has 1 heterocycles. The summed E-state index contributed by atoms with van der Waals surface area (Å²) in [4.78, 5) is 8.54. The average molecular weight is 264 g/mol. The minimum absolute atomic E-state index is 0.554. The molecule has 3 N–H and O–H groups in total. The molecule has 0 aliphatic heterocycles. The van der Waals surface area contributed by atoms with Crippen molar-refractivity contribution in [3.63, 3.8) is 0 Å². The number of hydrogen-bond acceptors (Lipinski definition) is 5. The highest BCUT2D eigenvalue weighted by Gasteiger charge is 2.32. The van der Waals surface area contributed by atoms with E-state index in [0.717, 1.165) is 30.6 Å². The van der Waals surface area contributed by atoms with E-state index >= 15 is 0 Å². The highest BCUT2D eigenvalue weighted by atomic mass is 16.3. The molecule has 0 bridgehead atoms. The van der Waals surface area contributed by atoms with Crippen molar-refractivity contribution in [3.8, 4) is 0 Å². The number of aliphatic hydroxyl groups is 1. The molecule has 1 fully saturated rings. The third-order valence-electron chi connectivity index (χ3n) is 3.85. The Hall–Kier alpha value is -1.36. The summed E-state index contributed by atoms with van der Waals surface area (Å²) < 4.78 is 0. The number of hydrogen-bond donors (Lipinski definition) is 3. The number of nitrogens with zero attached hydrogens (tertiary/aromatic N) is 2. The van der Waals surface area contributed by atoms with E-state index in [0.29, 0.717) is 18.4 Å². The smallest absolute Gasteiger partial charge is 0.224 e. The van der Waals surface area contributed by atoms with Crippen LogP contribution in [0.2, 0.25) is 0 Å². The van der Waals surface area contributed by atoms with E-state index in [9.17, 15) is 5.11 Å². The highest BCUT2D eigenvalue weighted by molar-refractivity contribution is 5.46. The van der Waals surface area contributed by atoms with Gasteiger partial charge in [-0.05, 0) is 25.7 Å². The van der Waals surface area contributed by atoms with E-state index in [1.54, 1.807) is 13.2 Å². The quantitative estimate of drug-likeness (QED) is 0.777. The van der Waals surface area contributed by atoms with Crippen molar-refractivity contribution in [1.82, 2.24) is 9.97 Å². The Labute approximate surface area is 114 Å². The van der Waals surface area contributed by atoms with E-state index in [4.69, 9.17) is 0 Å². The molecule has 106 valence electrons. The fourth-order valence-corrected chi connectivity index (χ4v) is 2.78. The van der Waals surface area contributed by atoms with Gasteiger partial charge in [-0.15, -0.1) is 0 Å². The van der Waals surface area contributed by atoms with Gasteiger partial charge in [0, 0.05) is 25.4 Å². The van der Waals surface area contributed by atoms with Crippen molar-refractivity contribution in [2.45, 2.75) is 45.1 Å². The topological polar surface area (TPSA) is 70.1 Å². The van der Waals surface area contributed by atoms with Gasteiger partial charge in [0.2, 0.25) is 5.95 Å². The van der Waals surface area contributed by atoms with Gasteiger partial charge in [-0.3, -0.25) is 0 Å². The van der Waals surface area contributed by atoms with Crippen LogP contribution < -0.4 is 10.6 Å². The number of rotatable bonds is 4. The molecule has 2 unspecified atom stereocenters. The van der Waals surface area contributed by atoms with E-state index in [2.05, 4.69) is 27.5 Å². The van der Waals surface area contributed by atoms with Crippen molar-refractivity contribution in [2.24, 2.45) is 5.92 Å². The van der Waals surface area contributed by atoms with Gasteiger partial charge in [-0.1, -0.05) is 19.8 Å². The maximum Gasteiger partial charge on any atom is 0.224 e. The summed E-state index contributed by atoms with van der Waals surface area (Å²) in [7, 11) is 1.80. The van der Waals surface area contributed by atoms with Gasteiger partial charge < -0.3 is 15.7 Å². The Morgan fingerprint density at radius 3 is 3.00 bits per heavy atom. The van der Waals surface area contributed by atoms with Gasteiger partial charge in [0.1, 0.15) is 5.82 Å². The fraction of sp³-hybridized carbons (Fsp3) is 0.714. The van der Waals surface area contributed by atoms with Crippen LogP contribution in [-0.4, -0.2) is 34.3 Å². The first-order valence-corrected chi connectivity index (χ1v) is 7.00. The molecule has 1 aliphatic carbocycles. The van der Waals surface area contributed by atoms with Crippen molar-refractivity contribution < 1.29 is 5.11 Å². The molecule has 0 saturated heterocycles. The fourth-order valence-electron chi connectivity index (χ4n) is 2.78. The molecule has 0 amide bonds. The number of anilines is 2. The normalized spacial score (nSPS) is 27.1. The predicted molar refractivity (Wildman–Crippen MR) is 77.4 cm³/mol. The summed E-state index contributed by atoms with van der Waals surface area (Å²) in [5.74, 6) is 1.99. The third-order valence-corrected chi connectivity index (χ3v) is 3.85. The van der Waals surface area contributed by atoms with Crippen LogP contribution >= 0.6 is 0 Å². The van der Waals surface area contributed by atoms with Crippen LogP contribution in [0.5, 0.6) is 0 Å². The zero-order valence-electron chi connectivity index (χ0n) is 12.0. The maximum atomic E-state index is 10.6. The second-order valence-corrected chi connectivity index (χ2v) is 5.75. The van der Waals surface area contributed by atoms with Crippen molar-refractivity contribution >= 4 is 11.8 Å². The van der Waals surface area contributed by atoms with Crippen LogP contribution in [0.1, 0.15) is 38.2 Å². The lowest BCUT2D eigenvalue weighted by molar-refractivity contribution is -0.000833. The molecule has 5 heteroatoms. The summed E-state index contributed by atoms with van der Waals surface area (Å²) >= 11 is 0. The van der Waals surface area contributed by atoms with Crippen LogP contribution in [0.15, 0.2) is 6.20 Å². The molecule has 1 saturated carbocycles. The SMILES string of the molecule is CNc1ncc(C)c(NCC2(O)CCCC(C)C2)n1. The number of nitrogens with one attached hydrogen (secondary N) is 2. The minimum atomic E-state index is -0.602. The van der Waals surface area contributed by atoms with Crippen molar-refractivity contribution in [1.29, 1.82) is 0 Å². The molecule has 5 nitrogen and oxygen atoms in total. The Kier molecular flexibility index (Phi) is 4.24. The third kappa shape index (κ3) is 3.56. The van der Waals surface area contributed by atoms with Crippen LogP contribution in [0.4, 0.5) is 11.8 Å². The molecular weight excluding hydrogens is 240 g/mol. The molecule has 0 spiro atoms. The van der Waals surface area contributed by atoms with Crippen LogP contribution in [0, 0.1) is 12.8 Å². The van der Waals surface area contributed by atoms with E-state index < -0.39 is 5.60 Å². The molecule has 2 rings (SSSR count).